The van der Waals surface area contributed by atoms with E-state index >= 15 is 0 Å². The lowest BCUT2D eigenvalue weighted by molar-refractivity contribution is -0.125. The maximum absolute atomic E-state index is 13.4. The average molecular weight is 500 g/mol. The summed E-state index contributed by atoms with van der Waals surface area (Å²) >= 11 is 0. The zero-order valence-corrected chi connectivity index (χ0v) is 20.6. The summed E-state index contributed by atoms with van der Waals surface area (Å²) < 4.78 is 41.2. The van der Waals surface area contributed by atoms with Gasteiger partial charge in [-0.2, -0.15) is 4.31 Å². The predicted molar refractivity (Wildman–Crippen MR) is 131 cm³/mol. The van der Waals surface area contributed by atoms with Crippen LogP contribution in [0.15, 0.2) is 47.4 Å². The largest absolute Gasteiger partial charge is 0.326 e. The van der Waals surface area contributed by atoms with Gasteiger partial charge in [-0.3, -0.25) is 9.59 Å². The van der Waals surface area contributed by atoms with Crippen molar-refractivity contribution in [3.63, 3.8) is 0 Å². The number of fused-ring (bicyclic) bond motifs is 1. The van der Waals surface area contributed by atoms with Crippen molar-refractivity contribution < 1.29 is 22.4 Å². The molecule has 9 heteroatoms. The number of benzene rings is 2. The van der Waals surface area contributed by atoms with Gasteiger partial charge in [-0.15, -0.1) is 0 Å². The van der Waals surface area contributed by atoms with Crippen LogP contribution in [0, 0.1) is 17.7 Å². The third-order valence-corrected chi connectivity index (χ3v) is 9.43. The SMILES string of the molecule is C[C@H]1Cc2cc(S(=O)(=O)N3CCC(C(=O)Nc4ccc(F)cc4)CC3)ccc2N1C(=O)C1CCC1. The molecule has 35 heavy (non-hydrogen) atoms. The number of hydrogen-bond donors (Lipinski definition) is 1. The molecular weight excluding hydrogens is 469 g/mol. The summed E-state index contributed by atoms with van der Waals surface area (Å²) in [6, 6.07) is 10.7. The standard InChI is InChI=1S/C26H30FN3O4S/c1-17-15-20-16-23(9-10-24(20)30(17)26(32)19-3-2-4-19)35(33,34)29-13-11-18(12-14-29)25(31)28-22-7-5-21(27)6-8-22/h5-10,16-19H,2-4,11-15H2,1H3,(H,28,31)/t17-/m0/s1. The van der Waals surface area contributed by atoms with Crippen LogP contribution in [0.1, 0.15) is 44.6 Å². The average Bonchev–Trinajstić information content (AvgIpc) is 3.14. The molecule has 2 aromatic carbocycles. The Morgan fingerprint density at radius 1 is 0.971 bits per heavy atom. The molecule has 3 aliphatic rings. The van der Waals surface area contributed by atoms with E-state index in [9.17, 15) is 22.4 Å². The molecule has 7 nitrogen and oxygen atoms in total. The van der Waals surface area contributed by atoms with Gasteiger partial charge in [-0.1, -0.05) is 6.42 Å². The van der Waals surface area contributed by atoms with E-state index in [1.807, 2.05) is 11.8 Å². The van der Waals surface area contributed by atoms with Gasteiger partial charge in [-0.05, 0) is 87.1 Å². The lowest BCUT2D eigenvalue weighted by atomic mass is 9.84. The van der Waals surface area contributed by atoms with Crippen molar-refractivity contribution in [3.05, 3.63) is 53.8 Å². The highest BCUT2D eigenvalue weighted by Gasteiger charge is 2.38. The van der Waals surface area contributed by atoms with Crippen molar-refractivity contribution in [1.29, 1.82) is 0 Å². The van der Waals surface area contributed by atoms with Gasteiger partial charge in [0.25, 0.3) is 0 Å². The van der Waals surface area contributed by atoms with Crippen LogP contribution in [-0.4, -0.2) is 43.7 Å². The summed E-state index contributed by atoms with van der Waals surface area (Å²) in [6.45, 7) is 2.51. The van der Waals surface area contributed by atoms with Crippen LogP contribution in [0.4, 0.5) is 15.8 Å². The van der Waals surface area contributed by atoms with E-state index < -0.39 is 10.0 Å². The van der Waals surface area contributed by atoms with Crippen molar-refractivity contribution in [3.8, 4) is 0 Å². The Bertz CT molecular complexity index is 1240. The zero-order valence-electron chi connectivity index (χ0n) is 19.7. The highest BCUT2D eigenvalue weighted by Crippen LogP contribution is 2.38. The Balaban J connectivity index is 1.24. The molecule has 1 aliphatic carbocycles. The zero-order chi connectivity index (χ0) is 24.7. The normalized spacial score (nSPS) is 21.4. The molecule has 5 rings (SSSR count). The van der Waals surface area contributed by atoms with E-state index in [1.54, 1.807) is 18.2 Å². The first kappa shape index (κ1) is 23.9. The summed E-state index contributed by atoms with van der Waals surface area (Å²) in [5.74, 6) is -0.623. The molecule has 1 atom stereocenters. The molecule has 2 amide bonds. The van der Waals surface area contributed by atoms with Gasteiger partial charge in [0.2, 0.25) is 21.8 Å². The predicted octanol–water partition coefficient (Wildman–Crippen LogP) is 3.94. The topological polar surface area (TPSA) is 86.8 Å². The lowest BCUT2D eigenvalue weighted by Crippen LogP contribution is -2.42. The van der Waals surface area contributed by atoms with E-state index in [2.05, 4.69) is 5.32 Å². The minimum Gasteiger partial charge on any atom is -0.326 e. The number of anilines is 2. The molecule has 2 aromatic rings. The minimum atomic E-state index is -3.70. The molecule has 1 saturated carbocycles. The van der Waals surface area contributed by atoms with E-state index in [0.717, 1.165) is 30.5 Å². The number of nitrogens with zero attached hydrogens (tertiary/aromatic N) is 2. The molecular formula is C26H30FN3O4S. The van der Waals surface area contributed by atoms with Crippen molar-refractivity contribution in [2.75, 3.05) is 23.3 Å². The molecule has 0 unspecified atom stereocenters. The Hall–Kier alpha value is -2.78. The fourth-order valence-corrected chi connectivity index (χ4v) is 6.76. The van der Waals surface area contributed by atoms with Gasteiger partial charge in [-0.25, -0.2) is 12.8 Å². The van der Waals surface area contributed by atoms with Gasteiger partial charge in [0.1, 0.15) is 5.82 Å². The summed E-state index contributed by atoms with van der Waals surface area (Å²) in [5, 5.41) is 2.78. The van der Waals surface area contributed by atoms with Gasteiger partial charge >= 0.3 is 0 Å². The number of sulfonamides is 1. The summed E-state index contributed by atoms with van der Waals surface area (Å²) in [7, 11) is -3.70. The van der Waals surface area contributed by atoms with Crippen molar-refractivity contribution in [1.82, 2.24) is 4.31 Å². The fourth-order valence-electron chi connectivity index (χ4n) is 5.24. The Labute approximate surface area is 205 Å². The van der Waals surface area contributed by atoms with E-state index in [-0.39, 0.29) is 53.5 Å². The maximum atomic E-state index is 13.4. The van der Waals surface area contributed by atoms with Crippen LogP contribution in [0.25, 0.3) is 0 Å². The van der Waals surface area contributed by atoms with Crippen LogP contribution >= 0.6 is 0 Å². The van der Waals surface area contributed by atoms with Gasteiger partial charge in [0, 0.05) is 42.3 Å². The number of nitrogens with one attached hydrogen (secondary N) is 1. The second kappa shape index (κ2) is 9.35. The summed E-state index contributed by atoms with van der Waals surface area (Å²) in [4.78, 5) is 27.6. The first-order valence-corrected chi connectivity index (χ1v) is 13.7. The minimum absolute atomic E-state index is 0.0198. The third-order valence-electron chi connectivity index (χ3n) is 7.53. The Kier molecular flexibility index (Phi) is 6.40. The van der Waals surface area contributed by atoms with Crippen LogP contribution in [0.3, 0.4) is 0 Å². The van der Waals surface area contributed by atoms with E-state index in [4.69, 9.17) is 0 Å². The number of carbonyl (C=O) groups excluding carboxylic acids is 2. The molecule has 2 heterocycles. The number of carbonyl (C=O) groups is 2. The van der Waals surface area contributed by atoms with E-state index in [0.29, 0.717) is 24.9 Å². The second-order valence-corrected chi connectivity index (χ2v) is 11.8. The Morgan fingerprint density at radius 2 is 1.66 bits per heavy atom. The van der Waals surface area contributed by atoms with Gasteiger partial charge in [0.05, 0.1) is 4.90 Å². The Morgan fingerprint density at radius 3 is 2.29 bits per heavy atom. The summed E-state index contributed by atoms with van der Waals surface area (Å²) in [5.41, 5.74) is 2.23. The monoisotopic (exact) mass is 499 g/mol. The molecule has 0 spiro atoms. The molecule has 2 fully saturated rings. The van der Waals surface area contributed by atoms with Gasteiger partial charge < -0.3 is 10.2 Å². The smallest absolute Gasteiger partial charge is 0.243 e. The molecule has 1 saturated heterocycles. The molecule has 0 aromatic heterocycles. The molecule has 186 valence electrons. The molecule has 0 radical (unpaired) electrons. The number of amides is 2. The number of piperidine rings is 1. The van der Waals surface area contributed by atoms with Crippen LogP contribution in [0.5, 0.6) is 0 Å². The first-order valence-electron chi connectivity index (χ1n) is 12.3. The lowest BCUT2D eigenvalue weighted by Gasteiger charge is -2.32. The first-order chi connectivity index (χ1) is 16.7. The molecule has 1 N–H and O–H groups in total. The van der Waals surface area contributed by atoms with Crippen LogP contribution in [0.2, 0.25) is 0 Å². The highest BCUT2D eigenvalue weighted by atomic mass is 32.2. The maximum Gasteiger partial charge on any atom is 0.243 e. The fraction of sp³-hybridized carbons (Fsp3) is 0.462. The van der Waals surface area contributed by atoms with Gasteiger partial charge in [0.15, 0.2) is 0 Å². The quantitative estimate of drug-likeness (QED) is 0.675. The summed E-state index contributed by atoms with van der Waals surface area (Å²) in [6.07, 6.45) is 4.43. The van der Waals surface area contributed by atoms with E-state index in [1.165, 1.54) is 28.6 Å². The highest BCUT2D eigenvalue weighted by molar-refractivity contribution is 7.89. The molecule has 0 bridgehead atoms. The molecule has 2 aliphatic heterocycles. The van der Waals surface area contributed by atoms with Crippen LogP contribution < -0.4 is 10.2 Å². The van der Waals surface area contributed by atoms with Crippen molar-refractivity contribution in [2.24, 2.45) is 11.8 Å². The van der Waals surface area contributed by atoms with Crippen molar-refractivity contribution >= 4 is 33.2 Å². The van der Waals surface area contributed by atoms with Crippen molar-refractivity contribution in [2.45, 2.75) is 56.4 Å². The number of hydrogen-bond acceptors (Lipinski definition) is 4. The third kappa shape index (κ3) is 4.59. The second-order valence-electron chi connectivity index (χ2n) is 9.85. The van der Waals surface area contributed by atoms with Crippen LogP contribution in [-0.2, 0) is 26.0 Å². The number of halogens is 1. The number of rotatable bonds is 5.